The standard InChI is InChI=1S/C27H22N6O6/c34-32(35)24-10-2-20(3-11-24)28-30-22-6-14-26(15-7-22)38-18-1-19-39-27-16-8-23(9-17-27)31-29-21-4-12-25(13-5-21)33(36)37/h2-17H,1,18-19H2. The van der Waals surface area contributed by atoms with Gasteiger partial charge in [-0.2, -0.15) is 20.5 Å². The van der Waals surface area contributed by atoms with Crippen molar-refractivity contribution in [3.8, 4) is 11.5 Å². The van der Waals surface area contributed by atoms with Crippen molar-refractivity contribution in [2.75, 3.05) is 13.2 Å². The van der Waals surface area contributed by atoms with Crippen LogP contribution in [0.3, 0.4) is 0 Å². The molecule has 0 spiro atoms. The summed E-state index contributed by atoms with van der Waals surface area (Å²) in [6, 6.07) is 25.9. The zero-order valence-corrected chi connectivity index (χ0v) is 20.5. The Labute approximate surface area is 222 Å². The van der Waals surface area contributed by atoms with Crippen LogP contribution in [0.1, 0.15) is 6.42 Å². The maximum Gasteiger partial charge on any atom is 0.269 e. The van der Waals surface area contributed by atoms with Crippen LogP contribution in [0.25, 0.3) is 0 Å². The molecule has 196 valence electrons. The Morgan fingerprint density at radius 2 is 0.769 bits per heavy atom. The number of hydrogen-bond acceptors (Lipinski definition) is 10. The Morgan fingerprint density at radius 3 is 1.05 bits per heavy atom. The number of ether oxygens (including phenoxy) is 2. The van der Waals surface area contributed by atoms with Gasteiger partial charge < -0.3 is 9.47 Å². The lowest BCUT2D eigenvalue weighted by Crippen LogP contribution is -2.04. The van der Waals surface area contributed by atoms with Crippen LogP contribution >= 0.6 is 0 Å². The van der Waals surface area contributed by atoms with E-state index in [9.17, 15) is 20.2 Å². The second-order valence-corrected chi connectivity index (χ2v) is 7.99. The van der Waals surface area contributed by atoms with Crippen molar-refractivity contribution < 1.29 is 19.3 Å². The molecule has 4 aromatic carbocycles. The third-order valence-electron chi connectivity index (χ3n) is 5.18. The highest BCUT2D eigenvalue weighted by molar-refractivity contribution is 5.47. The molecular formula is C27H22N6O6. The Balaban J connectivity index is 1.16. The van der Waals surface area contributed by atoms with E-state index < -0.39 is 9.85 Å². The highest BCUT2D eigenvalue weighted by Gasteiger charge is 2.04. The van der Waals surface area contributed by atoms with Crippen molar-refractivity contribution in [2.24, 2.45) is 20.5 Å². The predicted octanol–water partition coefficient (Wildman–Crippen LogP) is 8.18. The van der Waals surface area contributed by atoms with E-state index in [1.807, 2.05) is 0 Å². The smallest absolute Gasteiger partial charge is 0.269 e. The normalized spacial score (nSPS) is 11.1. The molecule has 0 fully saturated rings. The van der Waals surface area contributed by atoms with Crippen molar-refractivity contribution in [1.82, 2.24) is 0 Å². The molecule has 0 N–H and O–H groups in total. The third-order valence-corrected chi connectivity index (χ3v) is 5.18. The van der Waals surface area contributed by atoms with Crippen molar-refractivity contribution in [1.29, 1.82) is 0 Å². The largest absolute Gasteiger partial charge is 0.493 e. The fraction of sp³-hybridized carbons (Fsp3) is 0.111. The first-order valence-electron chi connectivity index (χ1n) is 11.7. The molecule has 12 nitrogen and oxygen atoms in total. The summed E-state index contributed by atoms with van der Waals surface area (Å²) in [6.45, 7) is 0.927. The van der Waals surface area contributed by atoms with Gasteiger partial charge in [0.05, 0.1) is 45.8 Å². The molecule has 0 saturated carbocycles. The molecule has 0 aromatic heterocycles. The van der Waals surface area contributed by atoms with E-state index in [-0.39, 0.29) is 11.4 Å². The number of azo groups is 2. The molecular weight excluding hydrogens is 504 g/mol. The minimum absolute atomic E-state index is 0.000180. The maximum atomic E-state index is 10.7. The van der Waals surface area contributed by atoms with Gasteiger partial charge in [-0.05, 0) is 72.8 Å². The first-order chi connectivity index (χ1) is 19.0. The Bertz CT molecular complexity index is 1340. The summed E-state index contributed by atoms with van der Waals surface area (Å²) < 4.78 is 11.5. The summed E-state index contributed by atoms with van der Waals surface area (Å²) in [5.74, 6) is 1.37. The number of benzene rings is 4. The monoisotopic (exact) mass is 526 g/mol. The van der Waals surface area contributed by atoms with Gasteiger partial charge >= 0.3 is 0 Å². The molecule has 0 atom stereocenters. The van der Waals surface area contributed by atoms with Crippen LogP contribution in [0.5, 0.6) is 11.5 Å². The molecule has 0 heterocycles. The molecule has 0 aliphatic heterocycles. The lowest BCUT2D eigenvalue weighted by Gasteiger charge is -2.08. The first-order valence-corrected chi connectivity index (χ1v) is 11.7. The minimum atomic E-state index is -0.466. The van der Waals surface area contributed by atoms with Gasteiger partial charge in [-0.15, -0.1) is 0 Å². The average Bonchev–Trinajstić information content (AvgIpc) is 2.96. The molecule has 4 rings (SSSR count). The maximum absolute atomic E-state index is 10.7. The number of rotatable bonds is 12. The number of nitro groups is 2. The molecule has 4 aromatic rings. The quantitative estimate of drug-likeness (QED) is 0.0784. The highest BCUT2D eigenvalue weighted by atomic mass is 16.6. The van der Waals surface area contributed by atoms with Gasteiger partial charge in [0.2, 0.25) is 0 Å². The molecule has 0 aliphatic rings. The summed E-state index contributed by atoms with van der Waals surface area (Å²) >= 11 is 0. The molecule has 0 saturated heterocycles. The lowest BCUT2D eigenvalue weighted by atomic mass is 10.3. The summed E-state index contributed by atoms with van der Waals surface area (Å²) in [6.07, 6.45) is 0.670. The molecule has 39 heavy (non-hydrogen) atoms. The highest BCUT2D eigenvalue weighted by Crippen LogP contribution is 2.24. The van der Waals surface area contributed by atoms with Crippen molar-refractivity contribution >= 4 is 34.1 Å². The SMILES string of the molecule is O=[N+]([O-])c1ccc(N=Nc2ccc(OCCCOc3ccc(N=Nc4ccc([N+](=O)[O-])cc4)cc3)cc2)cc1. The van der Waals surface area contributed by atoms with Gasteiger partial charge in [-0.3, -0.25) is 20.2 Å². The van der Waals surface area contributed by atoms with Gasteiger partial charge in [-0.1, -0.05) is 0 Å². The molecule has 0 aliphatic carbocycles. The van der Waals surface area contributed by atoms with E-state index in [0.717, 1.165) is 0 Å². The fourth-order valence-electron chi connectivity index (χ4n) is 3.17. The molecule has 12 heteroatoms. The van der Waals surface area contributed by atoms with Crippen LogP contribution in [0.2, 0.25) is 0 Å². The Morgan fingerprint density at radius 1 is 0.487 bits per heavy atom. The number of hydrogen-bond donors (Lipinski definition) is 0. The second-order valence-electron chi connectivity index (χ2n) is 7.99. The van der Waals surface area contributed by atoms with E-state index in [1.165, 1.54) is 48.5 Å². The second kappa shape index (κ2) is 13.1. The number of non-ortho nitro benzene ring substituents is 2. The van der Waals surface area contributed by atoms with Gasteiger partial charge in [0.1, 0.15) is 11.5 Å². The molecule has 0 unspecified atom stereocenters. The molecule has 0 amide bonds. The Kier molecular flexibility index (Phi) is 8.95. The minimum Gasteiger partial charge on any atom is -0.493 e. The average molecular weight is 527 g/mol. The third kappa shape index (κ3) is 8.25. The van der Waals surface area contributed by atoms with Crippen molar-refractivity contribution in [3.05, 3.63) is 117 Å². The van der Waals surface area contributed by atoms with Crippen LogP contribution in [-0.4, -0.2) is 23.1 Å². The zero-order chi connectivity index (χ0) is 27.5. The number of nitrogens with zero attached hydrogens (tertiary/aromatic N) is 6. The summed E-state index contributed by atoms with van der Waals surface area (Å²) in [7, 11) is 0. The fourth-order valence-corrected chi connectivity index (χ4v) is 3.17. The van der Waals surface area contributed by atoms with Crippen LogP contribution in [0.15, 0.2) is 118 Å². The van der Waals surface area contributed by atoms with Crippen LogP contribution in [0, 0.1) is 20.2 Å². The van der Waals surface area contributed by atoms with Crippen LogP contribution in [-0.2, 0) is 0 Å². The summed E-state index contributed by atoms with van der Waals surface area (Å²) in [5, 5.41) is 37.8. The zero-order valence-electron chi connectivity index (χ0n) is 20.5. The van der Waals surface area contributed by atoms with Crippen LogP contribution < -0.4 is 9.47 Å². The predicted molar refractivity (Wildman–Crippen MR) is 143 cm³/mol. The first kappa shape index (κ1) is 26.5. The van der Waals surface area contributed by atoms with Crippen LogP contribution in [0.4, 0.5) is 34.1 Å². The summed E-state index contributed by atoms with van der Waals surface area (Å²) in [4.78, 5) is 20.5. The molecule has 0 radical (unpaired) electrons. The number of nitro benzene ring substituents is 2. The van der Waals surface area contributed by atoms with Crippen molar-refractivity contribution in [2.45, 2.75) is 6.42 Å². The van der Waals surface area contributed by atoms with E-state index in [4.69, 9.17) is 9.47 Å². The lowest BCUT2D eigenvalue weighted by molar-refractivity contribution is -0.385. The Hall–Kier alpha value is -5.52. The van der Waals surface area contributed by atoms with Gasteiger partial charge in [-0.25, -0.2) is 0 Å². The topological polar surface area (TPSA) is 154 Å². The summed E-state index contributed by atoms with van der Waals surface area (Å²) in [5.41, 5.74) is 2.28. The molecule has 0 bridgehead atoms. The van der Waals surface area contributed by atoms with E-state index in [2.05, 4.69) is 20.5 Å². The van der Waals surface area contributed by atoms with Crippen molar-refractivity contribution in [3.63, 3.8) is 0 Å². The van der Waals surface area contributed by atoms with E-state index in [0.29, 0.717) is 53.9 Å². The van der Waals surface area contributed by atoms with E-state index in [1.54, 1.807) is 48.5 Å². The van der Waals surface area contributed by atoms with Gasteiger partial charge in [0.25, 0.3) is 11.4 Å². The van der Waals surface area contributed by atoms with E-state index >= 15 is 0 Å². The van der Waals surface area contributed by atoms with Gasteiger partial charge in [0, 0.05) is 30.7 Å². The van der Waals surface area contributed by atoms with Gasteiger partial charge in [0.15, 0.2) is 0 Å².